The van der Waals surface area contributed by atoms with E-state index in [1.165, 1.54) is 18.2 Å². The van der Waals surface area contributed by atoms with E-state index >= 15 is 0 Å². The highest BCUT2D eigenvalue weighted by atomic mass is 16.5. The van der Waals surface area contributed by atoms with Gasteiger partial charge in [0, 0.05) is 39.0 Å². The van der Waals surface area contributed by atoms with Gasteiger partial charge in [-0.3, -0.25) is 14.5 Å². The highest BCUT2D eigenvalue weighted by molar-refractivity contribution is 5.77. The van der Waals surface area contributed by atoms with E-state index < -0.39 is 0 Å². The number of esters is 1. The van der Waals surface area contributed by atoms with Gasteiger partial charge in [-0.25, -0.2) is 0 Å². The minimum atomic E-state index is -0.260. The molecule has 1 unspecified atom stereocenters. The van der Waals surface area contributed by atoms with Crippen LogP contribution in [0.15, 0.2) is 24.3 Å². The molecule has 0 saturated heterocycles. The molecule has 0 saturated carbocycles. The fraction of sp³-hybridized carbons (Fsp3) is 0.556. The van der Waals surface area contributed by atoms with Crippen LogP contribution in [0.1, 0.15) is 30.4 Å². The number of methoxy groups -OCH3 is 1. The first-order valence-electron chi connectivity index (χ1n) is 8.09. The van der Waals surface area contributed by atoms with Crippen molar-refractivity contribution < 1.29 is 14.3 Å². The molecule has 0 aromatic heterocycles. The SMILES string of the molecule is COC(=O)CCCC(=O)N(C)CC1Cc2ccccc2CN1C. The van der Waals surface area contributed by atoms with E-state index in [4.69, 9.17) is 0 Å². The molecule has 23 heavy (non-hydrogen) atoms. The van der Waals surface area contributed by atoms with Gasteiger partial charge < -0.3 is 9.64 Å². The largest absolute Gasteiger partial charge is 0.469 e. The van der Waals surface area contributed by atoms with E-state index in [2.05, 4.69) is 40.9 Å². The van der Waals surface area contributed by atoms with Crippen molar-refractivity contribution in [3.63, 3.8) is 0 Å². The maximum absolute atomic E-state index is 12.2. The fourth-order valence-corrected chi connectivity index (χ4v) is 3.02. The Morgan fingerprint density at radius 3 is 2.65 bits per heavy atom. The molecule has 5 nitrogen and oxygen atoms in total. The van der Waals surface area contributed by atoms with Crippen LogP contribution in [-0.4, -0.2) is 55.5 Å². The van der Waals surface area contributed by atoms with Gasteiger partial charge >= 0.3 is 5.97 Å². The Balaban J connectivity index is 1.84. The maximum Gasteiger partial charge on any atom is 0.305 e. The molecule has 1 aromatic rings. The highest BCUT2D eigenvalue weighted by Crippen LogP contribution is 2.22. The first-order chi connectivity index (χ1) is 11.0. The van der Waals surface area contributed by atoms with E-state index in [9.17, 15) is 9.59 Å². The molecule has 1 aliphatic heterocycles. The molecule has 126 valence electrons. The van der Waals surface area contributed by atoms with Gasteiger partial charge in [0.2, 0.25) is 5.91 Å². The molecule has 0 bridgehead atoms. The molecule has 1 heterocycles. The predicted octanol–water partition coefficient (Wildman–Crippen LogP) is 1.84. The number of carbonyl (C=O) groups is 2. The zero-order valence-corrected chi connectivity index (χ0v) is 14.2. The summed E-state index contributed by atoms with van der Waals surface area (Å²) in [5, 5.41) is 0. The van der Waals surface area contributed by atoms with Crippen molar-refractivity contribution in [3.05, 3.63) is 35.4 Å². The van der Waals surface area contributed by atoms with Crippen LogP contribution in [0.2, 0.25) is 0 Å². The van der Waals surface area contributed by atoms with Crippen LogP contribution in [0.25, 0.3) is 0 Å². The molecule has 5 heteroatoms. The van der Waals surface area contributed by atoms with E-state index in [0.717, 1.165) is 13.0 Å². The van der Waals surface area contributed by atoms with Gasteiger partial charge in [0.1, 0.15) is 0 Å². The summed E-state index contributed by atoms with van der Waals surface area (Å²) in [6.45, 7) is 1.63. The first-order valence-corrected chi connectivity index (χ1v) is 8.09. The number of carbonyl (C=O) groups excluding carboxylic acids is 2. The number of hydrogen-bond acceptors (Lipinski definition) is 4. The lowest BCUT2D eigenvalue weighted by atomic mass is 9.94. The van der Waals surface area contributed by atoms with E-state index in [1.807, 2.05) is 7.05 Å². The van der Waals surface area contributed by atoms with Crippen LogP contribution in [0, 0.1) is 0 Å². The summed E-state index contributed by atoms with van der Waals surface area (Å²) in [6.07, 6.45) is 2.19. The highest BCUT2D eigenvalue weighted by Gasteiger charge is 2.25. The third-order valence-electron chi connectivity index (χ3n) is 4.53. The van der Waals surface area contributed by atoms with Crippen molar-refractivity contribution in [1.82, 2.24) is 9.80 Å². The van der Waals surface area contributed by atoms with Crippen LogP contribution in [0.5, 0.6) is 0 Å². The molecule has 0 N–H and O–H groups in total. The molecule has 0 fully saturated rings. The minimum Gasteiger partial charge on any atom is -0.469 e. The summed E-state index contributed by atoms with van der Waals surface area (Å²) in [5.74, 6) is -0.176. The molecule has 0 aliphatic carbocycles. The Labute approximate surface area is 138 Å². The van der Waals surface area contributed by atoms with Gasteiger partial charge in [-0.2, -0.15) is 0 Å². The summed E-state index contributed by atoms with van der Waals surface area (Å²) in [5.41, 5.74) is 2.75. The second-order valence-corrected chi connectivity index (χ2v) is 6.25. The third-order valence-corrected chi connectivity index (χ3v) is 4.53. The molecule has 0 radical (unpaired) electrons. The molecular formula is C18H26N2O3. The number of fused-ring (bicyclic) bond motifs is 1. The zero-order valence-electron chi connectivity index (χ0n) is 14.2. The molecular weight excluding hydrogens is 292 g/mol. The van der Waals surface area contributed by atoms with Crippen LogP contribution in [-0.2, 0) is 27.3 Å². The molecule has 0 spiro atoms. The van der Waals surface area contributed by atoms with Gasteiger partial charge in [-0.05, 0) is 31.0 Å². The summed E-state index contributed by atoms with van der Waals surface area (Å²) >= 11 is 0. The summed E-state index contributed by atoms with van der Waals surface area (Å²) in [6, 6.07) is 8.82. The van der Waals surface area contributed by atoms with E-state index in [1.54, 1.807) is 4.90 Å². The van der Waals surface area contributed by atoms with Crippen molar-refractivity contribution in [2.75, 3.05) is 27.7 Å². The number of ether oxygens (including phenoxy) is 1. The Hall–Kier alpha value is -1.88. The molecule has 1 amide bonds. The Morgan fingerprint density at radius 2 is 1.96 bits per heavy atom. The van der Waals surface area contributed by atoms with Gasteiger partial charge in [0.25, 0.3) is 0 Å². The summed E-state index contributed by atoms with van der Waals surface area (Å²) in [7, 11) is 5.32. The topological polar surface area (TPSA) is 49.9 Å². The van der Waals surface area contributed by atoms with Crippen molar-refractivity contribution in [1.29, 1.82) is 0 Å². The number of rotatable bonds is 6. The van der Waals surface area contributed by atoms with Crippen molar-refractivity contribution >= 4 is 11.9 Å². The molecule has 2 rings (SSSR count). The second kappa shape index (κ2) is 8.11. The number of benzene rings is 1. The monoisotopic (exact) mass is 318 g/mol. The lowest BCUT2D eigenvalue weighted by molar-refractivity contribution is -0.140. The molecule has 1 aliphatic rings. The average molecular weight is 318 g/mol. The van der Waals surface area contributed by atoms with Crippen LogP contribution < -0.4 is 0 Å². The van der Waals surface area contributed by atoms with Crippen molar-refractivity contribution in [2.24, 2.45) is 0 Å². The third kappa shape index (κ3) is 4.79. The average Bonchev–Trinajstić information content (AvgIpc) is 2.55. The van der Waals surface area contributed by atoms with Gasteiger partial charge in [-0.15, -0.1) is 0 Å². The van der Waals surface area contributed by atoms with Crippen molar-refractivity contribution in [3.8, 4) is 0 Å². The van der Waals surface area contributed by atoms with E-state index in [0.29, 0.717) is 31.8 Å². The lowest BCUT2D eigenvalue weighted by Crippen LogP contribution is -2.46. The Bertz CT molecular complexity index is 559. The van der Waals surface area contributed by atoms with Crippen molar-refractivity contribution in [2.45, 2.75) is 38.3 Å². The van der Waals surface area contributed by atoms with Gasteiger partial charge in [0.05, 0.1) is 7.11 Å². The summed E-state index contributed by atoms with van der Waals surface area (Å²) < 4.78 is 4.59. The number of likely N-dealkylation sites (N-methyl/N-ethyl adjacent to an activating group) is 2. The Morgan fingerprint density at radius 1 is 1.26 bits per heavy atom. The maximum atomic E-state index is 12.2. The first kappa shape index (κ1) is 17.5. The number of amides is 1. The van der Waals surface area contributed by atoms with Gasteiger partial charge in [-0.1, -0.05) is 24.3 Å². The smallest absolute Gasteiger partial charge is 0.305 e. The minimum absolute atomic E-state index is 0.0844. The van der Waals surface area contributed by atoms with Crippen LogP contribution in [0.3, 0.4) is 0 Å². The number of nitrogens with zero attached hydrogens (tertiary/aromatic N) is 2. The predicted molar refractivity (Wildman–Crippen MR) is 88.9 cm³/mol. The second-order valence-electron chi connectivity index (χ2n) is 6.25. The van der Waals surface area contributed by atoms with E-state index in [-0.39, 0.29) is 11.9 Å². The molecule has 1 atom stereocenters. The van der Waals surface area contributed by atoms with Gasteiger partial charge in [0.15, 0.2) is 0 Å². The quantitative estimate of drug-likeness (QED) is 0.751. The van der Waals surface area contributed by atoms with Crippen LogP contribution in [0.4, 0.5) is 0 Å². The standard InChI is InChI=1S/C18H26N2O3/c1-19-12-15-8-5-4-7-14(15)11-16(19)13-20(2)17(21)9-6-10-18(22)23-3/h4-5,7-8,16H,6,9-13H2,1-3H3. The van der Waals surface area contributed by atoms with Crippen LogP contribution >= 0.6 is 0 Å². The lowest BCUT2D eigenvalue weighted by Gasteiger charge is -2.36. The summed E-state index contributed by atoms with van der Waals surface area (Å²) in [4.78, 5) is 27.4. The zero-order chi connectivity index (χ0) is 16.8. The fourth-order valence-electron chi connectivity index (χ4n) is 3.02. The Kier molecular flexibility index (Phi) is 6.16. The molecule has 1 aromatic carbocycles. The number of hydrogen-bond donors (Lipinski definition) is 0. The normalized spacial score (nSPS) is 17.4.